The van der Waals surface area contributed by atoms with Crippen molar-refractivity contribution in [2.24, 2.45) is 5.92 Å². The quantitative estimate of drug-likeness (QED) is 0.785. The first-order valence-corrected chi connectivity index (χ1v) is 6.78. The van der Waals surface area contributed by atoms with Gasteiger partial charge in [0, 0.05) is 24.7 Å². The van der Waals surface area contributed by atoms with Gasteiger partial charge >= 0.3 is 0 Å². The molecule has 1 N–H and O–H groups in total. The van der Waals surface area contributed by atoms with E-state index in [9.17, 15) is 0 Å². The van der Waals surface area contributed by atoms with E-state index in [0.717, 1.165) is 30.8 Å². The van der Waals surface area contributed by atoms with Gasteiger partial charge in [0.15, 0.2) is 0 Å². The summed E-state index contributed by atoms with van der Waals surface area (Å²) >= 11 is 0. The zero-order valence-electron chi connectivity index (χ0n) is 10.6. The molecular formula is C14H22N2O. The first-order valence-electron chi connectivity index (χ1n) is 6.78. The van der Waals surface area contributed by atoms with Crippen LogP contribution in [0.2, 0.25) is 0 Å². The molecule has 0 aromatic carbocycles. The Morgan fingerprint density at radius 2 is 2.18 bits per heavy atom. The van der Waals surface area contributed by atoms with Gasteiger partial charge in [0.05, 0.1) is 12.8 Å². The maximum atomic E-state index is 5.61. The number of nitrogens with zero attached hydrogens (tertiary/aromatic N) is 1. The van der Waals surface area contributed by atoms with E-state index < -0.39 is 0 Å². The molecule has 0 saturated heterocycles. The second kappa shape index (κ2) is 4.83. The number of hydrogen-bond donors (Lipinski definition) is 1. The van der Waals surface area contributed by atoms with E-state index in [0.29, 0.717) is 0 Å². The molecule has 0 radical (unpaired) electrons. The molecule has 2 aliphatic rings. The van der Waals surface area contributed by atoms with Crippen molar-refractivity contribution in [1.82, 2.24) is 10.2 Å². The lowest BCUT2D eigenvalue weighted by Crippen LogP contribution is -2.20. The highest BCUT2D eigenvalue weighted by Crippen LogP contribution is 2.29. The molecule has 94 valence electrons. The summed E-state index contributed by atoms with van der Waals surface area (Å²) in [4.78, 5) is 2.37. The maximum absolute atomic E-state index is 5.61. The van der Waals surface area contributed by atoms with Crippen molar-refractivity contribution in [2.45, 2.75) is 44.8 Å². The molecule has 0 aliphatic heterocycles. The van der Waals surface area contributed by atoms with Crippen molar-refractivity contribution in [3.63, 3.8) is 0 Å². The summed E-state index contributed by atoms with van der Waals surface area (Å²) in [6, 6.07) is 2.96. The Bertz CT molecular complexity index is 366. The molecule has 0 atom stereocenters. The van der Waals surface area contributed by atoms with E-state index >= 15 is 0 Å². The molecule has 0 amide bonds. The minimum atomic E-state index is 0.769. The summed E-state index contributed by atoms with van der Waals surface area (Å²) in [6.07, 6.45) is 7.41. The van der Waals surface area contributed by atoms with E-state index in [-0.39, 0.29) is 0 Å². The Morgan fingerprint density at radius 1 is 1.35 bits per heavy atom. The van der Waals surface area contributed by atoms with E-state index in [4.69, 9.17) is 4.42 Å². The third-order valence-corrected chi connectivity index (χ3v) is 3.57. The summed E-state index contributed by atoms with van der Waals surface area (Å²) in [5.74, 6) is 2.05. The number of nitrogens with one attached hydrogen (secondary N) is 1. The normalized spacial score (nSPS) is 20.1. The van der Waals surface area contributed by atoms with Crippen LogP contribution in [-0.2, 0) is 13.1 Å². The first kappa shape index (κ1) is 11.3. The van der Waals surface area contributed by atoms with Gasteiger partial charge in [0.25, 0.3) is 0 Å². The van der Waals surface area contributed by atoms with Gasteiger partial charge in [-0.2, -0.15) is 0 Å². The third-order valence-electron chi connectivity index (χ3n) is 3.57. The number of hydrogen-bond acceptors (Lipinski definition) is 3. The Balaban J connectivity index is 1.44. The minimum absolute atomic E-state index is 0.769. The summed E-state index contributed by atoms with van der Waals surface area (Å²) < 4.78 is 5.61. The predicted molar refractivity (Wildman–Crippen MR) is 67.6 cm³/mol. The lowest BCUT2D eigenvalue weighted by Gasteiger charge is -2.13. The molecule has 17 heavy (non-hydrogen) atoms. The summed E-state index contributed by atoms with van der Waals surface area (Å²) in [7, 11) is 2.18. The summed E-state index contributed by atoms with van der Waals surface area (Å²) in [6.45, 7) is 3.12. The fourth-order valence-corrected chi connectivity index (χ4v) is 2.22. The average molecular weight is 234 g/mol. The Hall–Kier alpha value is -0.800. The monoisotopic (exact) mass is 234 g/mol. The second-order valence-electron chi connectivity index (χ2n) is 5.72. The minimum Gasteiger partial charge on any atom is -0.468 e. The Morgan fingerprint density at radius 3 is 2.88 bits per heavy atom. The van der Waals surface area contributed by atoms with Gasteiger partial charge in [0.1, 0.15) is 5.76 Å². The summed E-state index contributed by atoms with van der Waals surface area (Å²) in [5, 5.41) is 3.51. The highest BCUT2D eigenvalue weighted by Gasteiger charge is 2.23. The predicted octanol–water partition coefficient (Wildman–Crippen LogP) is 2.37. The average Bonchev–Trinajstić information content (AvgIpc) is 3.19. The van der Waals surface area contributed by atoms with E-state index in [1.54, 1.807) is 0 Å². The topological polar surface area (TPSA) is 28.4 Å². The van der Waals surface area contributed by atoms with Crippen LogP contribution in [0.4, 0.5) is 0 Å². The van der Waals surface area contributed by atoms with Crippen molar-refractivity contribution in [3.8, 4) is 0 Å². The standard InChI is InChI=1S/C14H22N2O/c1-16(8-11-2-3-11)9-14-6-12(10-17-14)7-15-13-4-5-13/h6,10-11,13,15H,2-5,7-9H2,1H3. The molecule has 0 bridgehead atoms. The van der Waals surface area contributed by atoms with Crippen molar-refractivity contribution in [1.29, 1.82) is 0 Å². The highest BCUT2D eigenvalue weighted by atomic mass is 16.3. The van der Waals surface area contributed by atoms with E-state index in [2.05, 4.69) is 23.3 Å². The van der Waals surface area contributed by atoms with Crippen molar-refractivity contribution < 1.29 is 4.42 Å². The van der Waals surface area contributed by atoms with Crippen LogP contribution < -0.4 is 5.32 Å². The van der Waals surface area contributed by atoms with E-state index in [1.165, 1.54) is 37.8 Å². The van der Waals surface area contributed by atoms with Gasteiger partial charge in [-0.25, -0.2) is 0 Å². The smallest absolute Gasteiger partial charge is 0.118 e. The summed E-state index contributed by atoms with van der Waals surface area (Å²) in [5.41, 5.74) is 1.28. The molecule has 2 fully saturated rings. The zero-order chi connectivity index (χ0) is 11.7. The third kappa shape index (κ3) is 3.58. The van der Waals surface area contributed by atoms with Crippen molar-refractivity contribution in [2.75, 3.05) is 13.6 Å². The molecular weight excluding hydrogens is 212 g/mol. The molecule has 3 nitrogen and oxygen atoms in total. The van der Waals surface area contributed by atoms with Gasteiger partial charge in [-0.15, -0.1) is 0 Å². The Labute approximate surface area is 103 Å². The van der Waals surface area contributed by atoms with Crippen molar-refractivity contribution in [3.05, 3.63) is 23.7 Å². The van der Waals surface area contributed by atoms with Gasteiger partial charge in [-0.1, -0.05) is 0 Å². The lowest BCUT2D eigenvalue weighted by molar-refractivity contribution is 0.284. The van der Waals surface area contributed by atoms with Crippen LogP contribution in [0, 0.1) is 5.92 Å². The highest BCUT2D eigenvalue weighted by molar-refractivity contribution is 5.13. The molecule has 3 heteroatoms. The largest absolute Gasteiger partial charge is 0.468 e. The SMILES string of the molecule is CN(Cc1cc(CNC2CC2)co1)CC1CC1. The first-order chi connectivity index (χ1) is 8.29. The molecule has 1 aromatic rings. The van der Waals surface area contributed by atoms with Crippen LogP contribution >= 0.6 is 0 Å². The fraction of sp³-hybridized carbons (Fsp3) is 0.714. The molecule has 2 aliphatic carbocycles. The molecule has 2 saturated carbocycles. The van der Waals surface area contributed by atoms with Gasteiger partial charge in [0.2, 0.25) is 0 Å². The van der Waals surface area contributed by atoms with Gasteiger partial charge in [-0.05, 0) is 44.7 Å². The van der Waals surface area contributed by atoms with Crippen LogP contribution in [0.25, 0.3) is 0 Å². The number of rotatable bonds is 7. The van der Waals surface area contributed by atoms with Crippen molar-refractivity contribution >= 4 is 0 Å². The van der Waals surface area contributed by atoms with Crippen LogP contribution in [0.15, 0.2) is 16.7 Å². The van der Waals surface area contributed by atoms with Crippen LogP contribution in [-0.4, -0.2) is 24.5 Å². The molecule has 0 spiro atoms. The Kier molecular flexibility index (Phi) is 3.21. The molecule has 1 aromatic heterocycles. The zero-order valence-corrected chi connectivity index (χ0v) is 10.6. The second-order valence-corrected chi connectivity index (χ2v) is 5.72. The molecule has 3 rings (SSSR count). The molecule has 1 heterocycles. The lowest BCUT2D eigenvalue weighted by atomic mass is 10.3. The molecule has 0 unspecified atom stereocenters. The van der Waals surface area contributed by atoms with Gasteiger partial charge < -0.3 is 9.73 Å². The van der Waals surface area contributed by atoms with Crippen LogP contribution in [0.1, 0.15) is 37.0 Å². The van der Waals surface area contributed by atoms with Crippen LogP contribution in [0.5, 0.6) is 0 Å². The van der Waals surface area contributed by atoms with Gasteiger partial charge in [-0.3, -0.25) is 4.90 Å². The maximum Gasteiger partial charge on any atom is 0.118 e. The van der Waals surface area contributed by atoms with Crippen LogP contribution in [0.3, 0.4) is 0 Å². The van der Waals surface area contributed by atoms with E-state index in [1.807, 2.05) is 6.26 Å². The number of furan rings is 1. The fourth-order valence-electron chi connectivity index (χ4n) is 2.22.